The van der Waals surface area contributed by atoms with Crippen LogP contribution in [0.5, 0.6) is 0 Å². The number of hydrogen-bond acceptors (Lipinski definition) is 7. The fourth-order valence-corrected chi connectivity index (χ4v) is 5.16. The van der Waals surface area contributed by atoms with Crippen LogP contribution in [0.4, 0.5) is 0 Å². The van der Waals surface area contributed by atoms with Gasteiger partial charge in [-0.2, -0.15) is 0 Å². The average molecular weight is 458 g/mol. The van der Waals surface area contributed by atoms with Gasteiger partial charge in [-0.3, -0.25) is 9.59 Å². The van der Waals surface area contributed by atoms with Gasteiger partial charge in [0.25, 0.3) is 0 Å². The zero-order valence-corrected chi connectivity index (χ0v) is 22.1. The number of cyclic esters (lactones) is 1. The second-order valence-electron chi connectivity index (χ2n) is 10.8. The number of aliphatic hydroxyl groups is 2. The third kappa shape index (κ3) is 5.54. The molecule has 1 aliphatic rings. The number of Topliss-reactive ketones (excluding diaryl/α,β-unsaturated/α-hetero) is 1. The number of esters is 1. The van der Waals surface area contributed by atoms with Gasteiger partial charge in [-0.1, -0.05) is 27.7 Å². The molecule has 1 saturated heterocycles. The molecule has 2 N–H and O–H groups in total. The van der Waals surface area contributed by atoms with Crippen LogP contribution in [0.25, 0.3) is 0 Å². The monoisotopic (exact) mass is 457 g/mol. The predicted molar refractivity (Wildman–Crippen MR) is 125 cm³/mol. The van der Waals surface area contributed by atoms with Gasteiger partial charge >= 0.3 is 5.97 Å². The van der Waals surface area contributed by atoms with Gasteiger partial charge in [0.15, 0.2) is 0 Å². The summed E-state index contributed by atoms with van der Waals surface area (Å²) in [7, 11) is 3.57. The lowest BCUT2D eigenvalue weighted by atomic mass is 9.73. The lowest BCUT2D eigenvalue weighted by Gasteiger charge is -2.49. The highest BCUT2D eigenvalue weighted by Gasteiger charge is 2.53. The van der Waals surface area contributed by atoms with E-state index in [4.69, 9.17) is 9.47 Å². The molecule has 0 aromatic carbocycles. The largest absolute Gasteiger partial charge is 0.459 e. The van der Waals surface area contributed by atoms with E-state index in [0.717, 1.165) is 0 Å². The average Bonchev–Trinajstić information content (AvgIpc) is 2.72. The molecule has 7 heteroatoms. The molecule has 1 aliphatic heterocycles. The van der Waals surface area contributed by atoms with Crippen molar-refractivity contribution in [1.29, 1.82) is 0 Å². The van der Waals surface area contributed by atoms with Gasteiger partial charge in [-0.15, -0.1) is 0 Å². The summed E-state index contributed by atoms with van der Waals surface area (Å²) in [6.45, 7) is 16.9. The van der Waals surface area contributed by atoms with Crippen molar-refractivity contribution in [1.82, 2.24) is 4.90 Å². The Morgan fingerprint density at radius 3 is 2.06 bits per heavy atom. The van der Waals surface area contributed by atoms with Crippen LogP contribution >= 0.6 is 0 Å². The van der Waals surface area contributed by atoms with Crippen LogP contribution in [0.2, 0.25) is 0 Å². The van der Waals surface area contributed by atoms with Crippen LogP contribution in [0.1, 0.15) is 75.2 Å². The normalized spacial score (nSPS) is 46.3. The van der Waals surface area contributed by atoms with Gasteiger partial charge in [0, 0.05) is 25.6 Å². The van der Waals surface area contributed by atoms with Crippen molar-refractivity contribution < 1.29 is 29.3 Å². The molecular weight excluding hydrogens is 410 g/mol. The highest BCUT2D eigenvalue weighted by atomic mass is 16.6. The molecule has 0 bridgehead atoms. The quantitative estimate of drug-likeness (QED) is 0.486. The fourth-order valence-electron chi connectivity index (χ4n) is 5.16. The van der Waals surface area contributed by atoms with E-state index in [-0.39, 0.29) is 17.6 Å². The molecule has 7 nitrogen and oxygen atoms in total. The van der Waals surface area contributed by atoms with Crippen LogP contribution in [0.3, 0.4) is 0 Å². The molecule has 32 heavy (non-hydrogen) atoms. The zero-order valence-electron chi connectivity index (χ0n) is 22.1. The molecule has 0 radical (unpaired) electrons. The highest BCUT2D eigenvalue weighted by Crippen LogP contribution is 2.38. The summed E-state index contributed by atoms with van der Waals surface area (Å²) in [6, 6.07) is -0.429. The van der Waals surface area contributed by atoms with Crippen LogP contribution in [-0.2, 0) is 19.1 Å². The molecule has 0 saturated carbocycles. The molecule has 188 valence electrons. The van der Waals surface area contributed by atoms with Crippen molar-refractivity contribution >= 4 is 11.8 Å². The Morgan fingerprint density at radius 2 is 1.59 bits per heavy atom. The first kappa shape index (κ1) is 29.0. The number of rotatable bonds is 2. The van der Waals surface area contributed by atoms with Crippen molar-refractivity contribution in [2.45, 2.75) is 104 Å². The van der Waals surface area contributed by atoms with E-state index in [0.29, 0.717) is 19.4 Å². The van der Waals surface area contributed by atoms with E-state index >= 15 is 0 Å². The van der Waals surface area contributed by atoms with Gasteiger partial charge in [0.1, 0.15) is 29.0 Å². The number of ether oxygens (including phenoxy) is 2. The Morgan fingerprint density at radius 1 is 1.06 bits per heavy atom. The van der Waals surface area contributed by atoms with Crippen molar-refractivity contribution in [3.8, 4) is 0 Å². The maximum Gasteiger partial charge on any atom is 0.316 e. The number of nitrogens with zero attached hydrogens (tertiary/aromatic N) is 1. The molecule has 0 aromatic rings. The summed E-state index contributed by atoms with van der Waals surface area (Å²) in [5.41, 5.74) is -3.87. The maximum atomic E-state index is 13.2. The van der Waals surface area contributed by atoms with Crippen LogP contribution in [-0.4, -0.2) is 76.5 Å². The van der Waals surface area contributed by atoms with Crippen molar-refractivity contribution in [2.75, 3.05) is 20.7 Å². The molecule has 0 aliphatic carbocycles. The van der Waals surface area contributed by atoms with Crippen molar-refractivity contribution in [3.63, 3.8) is 0 Å². The smallest absolute Gasteiger partial charge is 0.316 e. The van der Waals surface area contributed by atoms with Crippen molar-refractivity contribution in [3.05, 3.63) is 0 Å². The molecular formula is C25H47NO6. The first-order valence-electron chi connectivity index (χ1n) is 11.9. The number of ketones is 1. The molecule has 0 unspecified atom stereocenters. The van der Waals surface area contributed by atoms with Crippen LogP contribution < -0.4 is 0 Å². The molecule has 1 heterocycles. The molecule has 0 spiro atoms. The molecule has 0 amide bonds. The van der Waals surface area contributed by atoms with Crippen LogP contribution in [0.15, 0.2) is 0 Å². The Bertz CT molecular complexity index is 663. The van der Waals surface area contributed by atoms with E-state index in [9.17, 15) is 19.8 Å². The number of likely N-dealkylation sites (N-methyl/N-ethyl adjacent to an activating group) is 1. The maximum absolute atomic E-state index is 13.2. The molecule has 1 fully saturated rings. The topological polar surface area (TPSA) is 96.3 Å². The Balaban J connectivity index is 3.52. The number of hydrogen-bond donors (Lipinski definition) is 2. The number of carbonyl (C=O) groups is 2. The van der Waals surface area contributed by atoms with E-state index in [1.54, 1.807) is 27.9 Å². The van der Waals surface area contributed by atoms with Gasteiger partial charge < -0.3 is 24.6 Å². The van der Waals surface area contributed by atoms with Crippen LogP contribution in [0, 0.1) is 23.7 Å². The first-order valence-corrected chi connectivity index (χ1v) is 11.9. The van der Waals surface area contributed by atoms with E-state index < -0.39 is 46.8 Å². The summed E-state index contributed by atoms with van der Waals surface area (Å²) in [6.07, 6.45) is 0.0422. The molecule has 0 aromatic heterocycles. The fraction of sp³-hybridized carbons (Fsp3) is 0.920. The van der Waals surface area contributed by atoms with Gasteiger partial charge in [-0.05, 0) is 66.3 Å². The summed E-state index contributed by atoms with van der Waals surface area (Å²) in [5.74, 6) is -2.22. The number of carbonyl (C=O) groups excluding carboxylic acids is 2. The SMILES string of the molecule is CC[C@H]1OC(=O)[C@H](C)C(=O)[C@H](C)[C@@H](C)[C@](C)(OC)C[C@@H](C)CN(C)[C@H](C)[C@@](C)(O)[C@]1(C)O. The third-order valence-electron chi connectivity index (χ3n) is 8.52. The zero-order chi connectivity index (χ0) is 25.2. The Kier molecular flexibility index (Phi) is 9.52. The Labute approximate surface area is 194 Å². The highest BCUT2D eigenvalue weighted by molar-refractivity contribution is 5.99. The number of methoxy groups -OCH3 is 1. The minimum atomic E-state index is -1.72. The second-order valence-corrected chi connectivity index (χ2v) is 10.8. The predicted octanol–water partition coefficient (Wildman–Crippen LogP) is 3.05. The summed E-state index contributed by atoms with van der Waals surface area (Å²) in [5, 5.41) is 22.9. The first-order chi connectivity index (χ1) is 14.5. The van der Waals surface area contributed by atoms with E-state index in [2.05, 4.69) is 6.92 Å². The molecule has 1 rings (SSSR count). The molecule has 9 atom stereocenters. The third-order valence-corrected chi connectivity index (χ3v) is 8.52. The Hall–Kier alpha value is -1.02. The van der Waals surface area contributed by atoms with E-state index in [1.807, 2.05) is 39.6 Å². The minimum Gasteiger partial charge on any atom is -0.459 e. The van der Waals surface area contributed by atoms with E-state index in [1.165, 1.54) is 6.92 Å². The van der Waals surface area contributed by atoms with Gasteiger partial charge in [0.05, 0.1) is 5.60 Å². The van der Waals surface area contributed by atoms with Crippen molar-refractivity contribution in [2.24, 2.45) is 23.7 Å². The summed E-state index contributed by atoms with van der Waals surface area (Å²) < 4.78 is 11.6. The summed E-state index contributed by atoms with van der Waals surface area (Å²) in [4.78, 5) is 28.2. The minimum absolute atomic E-state index is 0.126. The van der Waals surface area contributed by atoms with Gasteiger partial charge in [-0.25, -0.2) is 0 Å². The second kappa shape index (κ2) is 10.5. The lowest BCUT2D eigenvalue weighted by Crippen LogP contribution is -2.66. The summed E-state index contributed by atoms with van der Waals surface area (Å²) >= 11 is 0. The lowest BCUT2D eigenvalue weighted by molar-refractivity contribution is -0.221. The standard InChI is InChI=1S/C25H47NO6/c1-12-20-25(9,30)24(8,29)19(6)26(10)14-15(2)13-23(7,31-11)18(5)16(3)21(27)17(4)22(28)32-20/h15-20,29-30H,12-14H2,1-11H3/t15-,16-,17-,18-,19-,20-,23-,24-,25-/m1/s1. The van der Waals surface area contributed by atoms with Gasteiger partial charge in [0.2, 0.25) is 0 Å².